The minimum absolute atomic E-state index is 0.0171. The number of hydrogen-bond donors (Lipinski definition) is 1. The molecule has 1 saturated heterocycles. The molecule has 2 heterocycles. The number of carbonyl (C=O) groups is 1. The van der Waals surface area contributed by atoms with Crippen molar-refractivity contribution in [3.05, 3.63) is 100 Å². The summed E-state index contributed by atoms with van der Waals surface area (Å²) in [4.78, 5) is 29.3. The van der Waals surface area contributed by atoms with Crippen LogP contribution in [-0.2, 0) is 0 Å². The maximum atomic E-state index is 13.3. The summed E-state index contributed by atoms with van der Waals surface area (Å²) in [5.41, 5.74) is 4.78. The summed E-state index contributed by atoms with van der Waals surface area (Å²) in [6, 6.07) is 24.2. The van der Waals surface area contributed by atoms with Crippen molar-refractivity contribution in [2.24, 2.45) is 0 Å². The van der Waals surface area contributed by atoms with E-state index in [1.165, 1.54) is 12.1 Å². The summed E-state index contributed by atoms with van der Waals surface area (Å²) in [5.74, 6) is -0.102. The molecule has 6 heteroatoms. The summed E-state index contributed by atoms with van der Waals surface area (Å²) in [6.07, 6.45) is 1.78. The van der Waals surface area contributed by atoms with Crippen LogP contribution in [0.4, 0.5) is 5.69 Å². The maximum Gasteiger partial charge on any atom is 0.269 e. The molecule has 0 bridgehead atoms. The fraction of sp³-hybridized carbons (Fsp3) is 0.160. The Bertz CT molecular complexity index is 1260. The van der Waals surface area contributed by atoms with Crippen molar-refractivity contribution in [3.8, 4) is 11.1 Å². The van der Waals surface area contributed by atoms with E-state index in [1.54, 1.807) is 12.1 Å². The fourth-order valence-electron chi connectivity index (χ4n) is 4.53. The van der Waals surface area contributed by atoms with E-state index >= 15 is 0 Å². The van der Waals surface area contributed by atoms with Crippen LogP contribution in [-0.4, -0.2) is 27.3 Å². The monoisotopic (exact) mass is 411 g/mol. The molecule has 154 valence electrons. The van der Waals surface area contributed by atoms with Crippen molar-refractivity contribution < 1.29 is 9.72 Å². The van der Waals surface area contributed by atoms with E-state index in [4.69, 9.17) is 0 Å². The van der Waals surface area contributed by atoms with Crippen molar-refractivity contribution >= 4 is 22.5 Å². The second-order valence-electron chi connectivity index (χ2n) is 7.79. The molecule has 4 aromatic rings. The average Bonchev–Trinajstić information content (AvgIpc) is 3.44. The molecule has 1 atom stereocenters. The Kier molecular flexibility index (Phi) is 4.75. The molecule has 1 aliphatic heterocycles. The van der Waals surface area contributed by atoms with E-state index in [9.17, 15) is 14.9 Å². The molecule has 0 radical (unpaired) electrons. The van der Waals surface area contributed by atoms with Crippen molar-refractivity contribution in [2.45, 2.75) is 18.9 Å². The average molecular weight is 411 g/mol. The zero-order valence-corrected chi connectivity index (χ0v) is 16.8. The van der Waals surface area contributed by atoms with Gasteiger partial charge in [0.1, 0.15) is 0 Å². The Hall–Kier alpha value is -3.93. The van der Waals surface area contributed by atoms with E-state index in [2.05, 4.69) is 29.2 Å². The smallest absolute Gasteiger partial charge is 0.269 e. The predicted molar refractivity (Wildman–Crippen MR) is 120 cm³/mol. The van der Waals surface area contributed by atoms with Gasteiger partial charge in [0, 0.05) is 46.4 Å². The number of carbonyl (C=O) groups excluding carboxylic acids is 1. The third kappa shape index (κ3) is 3.36. The quantitative estimate of drug-likeness (QED) is 0.344. The maximum absolute atomic E-state index is 13.3. The van der Waals surface area contributed by atoms with Gasteiger partial charge in [-0.3, -0.25) is 14.9 Å². The summed E-state index contributed by atoms with van der Waals surface area (Å²) < 4.78 is 0. The van der Waals surface area contributed by atoms with Crippen molar-refractivity contribution in [1.29, 1.82) is 0 Å². The largest absolute Gasteiger partial charge is 0.356 e. The molecular weight excluding hydrogens is 390 g/mol. The van der Waals surface area contributed by atoms with Crippen molar-refractivity contribution in [3.63, 3.8) is 0 Å². The lowest BCUT2D eigenvalue weighted by Gasteiger charge is -2.25. The van der Waals surface area contributed by atoms with Gasteiger partial charge in [-0.05, 0) is 36.6 Å². The number of amides is 1. The van der Waals surface area contributed by atoms with E-state index in [0.29, 0.717) is 12.1 Å². The van der Waals surface area contributed by atoms with Gasteiger partial charge in [0.15, 0.2) is 0 Å². The lowest BCUT2D eigenvalue weighted by atomic mass is 9.97. The number of benzene rings is 3. The molecule has 3 aromatic carbocycles. The molecule has 31 heavy (non-hydrogen) atoms. The predicted octanol–water partition coefficient (Wildman–Crippen LogP) is 5.72. The van der Waals surface area contributed by atoms with Crippen LogP contribution in [0.1, 0.15) is 34.9 Å². The standard InChI is InChI=1S/C25H21N3O3/c29-25(18-12-14-19(15-13-18)28(30)31)27-16-6-11-22(27)24-23(17-7-2-1-3-8-17)20-9-4-5-10-21(20)26-24/h1-5,7-10,12-15,22,26H,6,11,16H2. The number of non-ortho nitro benzene ring substituents is 1. The minimum Gasteiger partial charge on any atom is -0.356 e. The van der Waals surface area contributed by atoms with Crippen LogP contribution in [0.15, 0.2) is 78.9 Å². The van der Waals surface area contributed by atoms with Gasteiger partial charge < -0.3 is 9.88 Å². The second kappa shape index (κ2) is 7.72. The SMILES string of the molecule is O=C(c1ccc([N+](=O)[O-])cc1)N1CCCC1c1[nH]c2ccccc2c1-c1ccccc1. The lowest BCUT2D eigenvalue weighted by Crippen LogP contribution is -2.31. The number of nitrogens with zero attached hydrogens (tertiary/aromatic N) is 2. The second-order valence-corrected chi connectivity index (χ2v) is 7.79. The number of fused-ring (bicyclic) bond motifs is 1. The molecule has 0 saturated carbocycles. The van der Waals surface area contributed by atoms with Crippen LogP contribution in [0.25, 0.3) is 22.0 Å². The molecule has 1 aromatic heterocycles. The molecule has 1 unspecified atom stereocenters. The van der Waals surface area contributed by atoms with E-state index in [1.807, 2.05) is 35.2 Å². The number of nitrogens with one attached hydrogen (secondary N) is 1. The molecule has 1 aliphatic rings. The van der Waals surface area contributed by atoms with Gasteiger partial charge in [-0.25, -0.2) is 0 Å². The lowest BCUT2D eigenvalue weighted by molar-refractivity contribution is -0.384. The molecule has 0 aliphatic carbocycles. The van der Waals surface area contributed by atoms with Crippen LogP contribution in [0, 0.1) is 10.1 Å². The first-order valence-electron chi connectivity index (χ1n) is 10.3. The Morgan fingerprint density at radius 2 is 1.68 bits per heavy atom. The number of H-pyrrole nitrogens is 1. The third-order valence-electron chi connectivity index (χ3n) is 5.97. The number of aromatic amines is 1. The number of para-hydroxylation sites is 1. The minimum atomic E-state index is -0.455. The van der Waals surface area contributed by atoms with Gasteiger partial charge in [0.25, 0.3) is 11.6 Å². The van der Waals surface area contributed by atoms with Gasteiger partial charge in [-0.1, -0.05) is 48.5 Å². The normalized spacial score (nSPS) is 16.0. The Morgan fingerprint density at radius 1 is 0.968 bits per heavy atom. The summed E-state index contributed by atoms with van der Waals surface area (Å²) in [6.45, 7) is 0.657. The number of nitro groups is 1. The summed E-state index contributed by atoms with van der Waals surface area (Å²) in [7, 11) is 0. The van der Waals surface area contributed by atoms with Gasteiger partial charge in [-0.2, -0.15) is 0 Å². The number of aromatic nitrogens is 1. The number of hydrogen-bond acceptors (Lipinski definition) is 3. The molecule has 5 rings (SSSR count). The molecule has 6 nitrogen and oxygen atoms in total. The fourth-order valence-corrected chi connectivity index (χ4v) is 4.53. The topological polar surface area (TPSA) is 79.2 Å². The summed E-state index contributed by atoms with van der Waals surface area (Å²) in [5, 5.41) is 12.1. The van der Waals surface area contributed by atoms with Crippen LogP contribution in [0.2, 0.25) is 0 Å². The molecular formula is C25H21N3O3. The van der Waals surface area contributed by atoms with Gasteiger partial charge in [0.05, 0.1) is 11.0 Å². The van der Waals surface area contributed by atoms with Gasteiger partial charge in [0.2, 0.25) is 0 Å². The zero-order chi connectivity index (χ0) is 21.4. The number of rotatable bonds is 4. The van der Waals surface area contributed by atoms with E-state index < -0.39 is 4.92 Å². The van der Waals surface area contributed by atoms with Crippen molar-refractivity contribution in [2.75, 3.05) is 6.54 Å². The molecule has 1 amide bonds. The van der Waals surface area contributed by atoms with Crippen LogP contribution in [0.3, 0.4) is 0 Å². The zero-order valence-electron chi connectivity index (χ0n) is 16.8. The number of likely N-dealkylation sites (tertiary alicyclic amines) is 1. The summed E-state index contributed by atoms with van der Waals surface area (Å²) >= 11 is 0. The van der Waals surface area contributed by atoms with Gasteiger partial charge >= 0.3 is 0 Å². The van der Waals surface area contributed by atoms with E-state index in [-0.39, 0.29) is 17.6 Å². The highest BCUT2D eigenvalue weighted by atomic mass is 16.6. The van der Waals surface area contributed by atoms with Crippen LogP contribution >= 0.6 is 0 Å². The Morgan fingerprint density at radius 3 is 2.42 bits per heavy atom. The van der Waals surface area contributed by atoms with Gasteiger partial charge in [-0.15, -0.1) is 0 Å². The highest BCUT2D eigenvalue weighted by Crippen LogP contribution is 2.41. The first-order valence-corrected chi connectivity index (χ1v) is 10.3. The Balaban J connectivity index is 1.57. The Labute approximate surface area is 179 Å². The first kappa shape index (κ1) is 19.1. The number of nitro benzene ring substituents is 1. The molecule has 1 N–H and O–H groups in total. The highest BCUT2D eigenvalue weighted by molar-refractivity contribution is 5.99. The molecule has 1 fully saturated rings. The van der Waals surface area contributed by atoms with E-state index in [0.717, 1.165) is 40.6 Å². The first-order chi connectivity index (χ1) is 15.1. The van der Waals surface area contributed by atoms with Crippen LogP contribution in [0.5, 0.6) is 0 Å². The highest BCUT2D eigenvalue weighted by Gasteiger charge is 2.34. The molecule has 0 spiro atoms. The van der Waals surface area contributed by atoms with Crippen molar-refractivity contribution in [1.82, 2.24) is 9.88 Å². The van der Waals surface area contributed by atoms with Crippen LogP contribution < -0.4 is 0 Å². The third-order valence-corrected chi connectivity index (χ3v) is 5.97.